The molecule has 0 saturated carbocycles. The number of hydrazine groups is 1. The Balaban J connectivity index is 3.15. The van der Waals surface area contributed by atoms with Crippen LogP contribution in [-0.4, -0.2) is 12.1 Å². The number of nitrogens with one attached hydrogen (secondary N) is 1. The zero-order valence-corrected chi connectivity index (χ0v) is 12.4. The zero-order valence-electron chi connectivity index (χ0n) is 12.4. The second-order valence-corrected chi connectivity index (χ2v) is 5.22. The number of hydrogen-bond acceptors (Lipinski definition) is 3. The van der Waals surface area contributed by atoms with Gasteiger partial charge in [-0.3, -0.25) is 11.3 Å². The summed E-state index contributed by atoms with van der Waals surface area (Å²) in [4.78, 5) is 2.01. The van der Waals surface area contributed by atoms with E-state index in [0.29, 0.717) is 5.92 Å². The third-order valence-corrected chi connectivity index (χ3v) is 3.49. The number of hydrogen-bond donors (Lipinski definition) is 2. The second-order valence-electron chi connectivity index (χ2n) is 5.22. The normalized spacial score (nSPS) is 13.9. The van der Waals surface area contributed by atoms with Crippen molar-refractivity contribution in [3.63, 3.8) is 0 Å². The maximum absolute atomic E-state index is 13.1. The lowest BCUT2D eigenvalue weighted by Crippen LogP contribution is -2.53. The highest BCUT2D eigenvalue weighted by Gasteiger charge is 2.26. The van der Waals surface area contributed by atoms with E-state index in [1.54, 1.807) is 18.2 Å². The van der Waals surface area contributed by atoms with Gasteiger partial charge in [-0.15, -0.1) is 0 Å². The van der Waals surface area contributed by atoms with E-state index in [4.69, 9.17) is 5.84 Å². The lowest BCUT2D eigenvalue weighted by molar-refractivity contribution is 0.353. The molecule has 3 N–H and O–H groups in total. The predicted molar refractivity (Wildman–Crippen MR) is 83.6 cm³/mol. The summed E-state index contributed by atoms with van der Waals surface area (Å²) in [5.41, 5.74) is 4.47. The summed E-state index contributed by atoms with van der Waals surface area (Å²) in [5.74, 6) is 5.75. The fourth-order valence-electron chi connectivity index (χ4n) is 2.41. The minimum Gasteiger partial charge on any atom is -0.338 e. The SMILES string of the molecule is C=CC(=C)N(c1ccc(F)cc1)C(C)[C@H](NN)C(C)C. The molecule has 0 bridgehead atoms. The maximum atomic E-state index is 13.1. The van der Waals surface area contributed by atoms with Gasteiger partial charge in [0.15, 0.2) is 0 Å². The molecule has 2 atom stereocenters. The summed E-state index contributed by atoms with van der Waals surface area (Å²) >= 11 is 0. The summed E-state index contributed by atoms with van der Waals surface area (Å²) in [7, 11) is 0. The molecule has 0 saturated heterocycles. The van der Waals surface area contributed by atoms with Crippen molar-refractivity contribution in [2.24, 2.45) is 11.8 Å². The van der Waals surface area contributed by atoms with Gasteiger partial charge in [-0.05, 0) is 43.2 Å². The van der Waals surface area contributed by atoms with Crippen molar-refractivity contribution < 1.29 is 4.39 Å². The average Bonchev–Trinajstić information content (AvgIpc) is 2.41. The number of halogens is 1. The lowest BCUT2D eigenvalue weighted by atomic mass is 9.96. The lowest BCUT2D eigenvalue weighted by Gasteiger charge is -2.38. The van der Waals surface area contributed by atoms with Crippen molar-refractivity contribution in [1.82, 2.24) is 5.43 Å². The van der Waals surface area contributed by atoms with Gasteiger partial charge in [-0.1, -0.05) is 27.0 Å². The topological polar surface area (TPSA) is 41.3 Å². The quantitative estimate of drug-likeness (QED) is 0.457. The molecule has 0 aliphatic carbocycles. The van der Waals surface area contributed by atoms with E-state index in [9.17, 15) is 4.39 Å². The first kappa shape index (κ1) is 16.4. The number of benzene rings is 1. The highest BCUT2D eigenvalue weighted by molar-refractivity contribution is 5.55. The van der Waals surface area contributed by atoms with Gasteiger partial charge in [0.05, 0.1) is 0 Å². The molecule has 1 aromatic rings. The van der Waals surface area contributed by atoms with Crippen molar-refractivity contribution in [1.29, 1.82) is 0 Å². The molecule has 0 aromatic heterocycles. The molecule has 0 heterocycles. The highest BCUT2D eigenvalue weighted by Crippen LogP contribution is 2.25. The molecule has 20 heavy (non-hydrogen) atoms. The van der Waals surface area contributed by atoms with Gasteiger partial charge < -0.3 is 4.90 Å². The maximum Gasteiger partial charge on any atom is 0.123 e. The second kappa shape index (κ2) is 7.22. The largest absolute Gasteiger partial charge is 0.338 e. The molecule has 110 valence electrons. The molecule has 0 amide bonds. The molecule has 0 aliphatic heterocycles. The summed E-state index contributed by atoms with van der Waals surface area (Å²) in [6.45, 7) is 14.0. The predicted octanol–water partition coefficient (Wildman–Crippen LogP) is 3.21. The first-order chi connectivity index (χ1) is 9.42. The molecule has 0 spiro atoms. The van der Waals surface area contributed by atoms with E-state index in [1.165, 1.54) is 12.1 Å². The van der Waals surface area contributed by atoms with Gasteiger partial charge in [0.25, 0.3) is 0 Å². The van der Waals surface area contributed by atoms with Crippen LogP contribution in [0.25, 0.3) is 0 Å². The van der Waals surface area contributed by atoms with Crippen LogP contribution >= 0.6 is 0 Å². The third kappa shape index (κ3) is 3.68. The molecular weight excluding hydrogens is 253 g/mol. The third-order valence-electron chi connectivity index (χ3n) is 3.49. The molecule has 1 unspecified atom stereocenters. The fraction of sp³-hybridized carbons (Fsp3) is 0.375. The fourth-order valence-corrected chi connectivity index (χ4v) is 2.41. The van der Waals surface area contributed by atoms with Crippen LogP contribution in [-0.2, 0) is 0 Å². The van der Waals surface area contributed by atoms with Crippen molar-refractivity contribution >= 4 is 5.69 Å². The van der Waals surface area contributed by atoms with Crippen LogP contribution in [0.15, 0.2) is 49.2 Å². The Bertz CT molecular complexity index is 453. The molecule has 0 fully saturated rings. The number of nitrogens with zero attached hydrogens (tertiary/aromatic N) is 1. The van der Waals surface area contributed by atoms with E-state index in [-0.39, 0.29) is 17.9 Å². The Labute approximate surface area is 120 Å². The Hall–Kier alpha value is -1.65. The van der Waals surface area contributed by atoms with Crippen LogP contribution in [0.4, 0.5) is 10.1 Å². The van der Waals surface area contributed by atoms with E-state index < -0.39 is 0 Å². The molecule has 3 nitrogen and oxygen atoms in total. The number of nitrogens with two attached hydrogens (primary N) is 1. The van der Waals surface area contributed by atoms with Crippen molar-refractivity contribution in [2.75, 3.05) is 4.90 Å². The highest BCUT2D eigenvalue weighted by atomic mass is 19.1. The first-order valence-corrected chi connectivity index (χ1v) is 6.74. The van der Waals surface area contributed by atoms with Gasteiger partial charge >= 0.3 is 0 Å². The van der Waals surface area contributed by atoms with Gasteiger partial charge in [-0.2, -0.15) is 0 Å². The van der Waals surface area contributed by atoms with Gasteiger partial charge in [0.1, 0.15) is 5.82 Å². The Kier molecular flexibility index (Phi) is 5.92. The van der Waals surface area contributed by atoms with Crippen LogP contribution in [0.1, 0.15) is 20.8 Å². The zero-order chi connectivity index (χ0) is 15.3. The van der Waals surface area contributed by atoms with Crippen molar-refractivity contribution in [3.05, 3.63) is 55.0 Å². The Morgan fingerprint density at radius 3 is 2.25 bits per heavy atom. The number of allylic oxidation sites excluding steroid dienone is 1. The van der Waals surface area contributed by atoms with Crippen molar-refractivity contribution in [2.45, 2.75) is 32.9 Å². The summed E-state index contributed by atoms with van der Waals surface area (Å²) in [6, 6.07) is 6.45. The standard InChI is InChI=1S/C16H24FN3/c1-6-12(4)20(13(5)16(19-18)11(2)3)15-9-7-14(17)8-10-15/h6-11,13,16,19H,1,4,18H2,2-3,5H3/t13?,16-/m1/s1. The summed E-state index contributed by atoms with van der Waals surface area (Å²) in [5, 5.41) is 0. The number of anilines is 1. The van der Waals surface area contributed by atoms with Crippen LogP contribution in [0.2, 0.25) is 0 Å². The molecule has 0 radical (unpaired) electrons. The summed E-state index contributed by atoms with van der Waals surface area (Å²) < 4.78 is 13.1. The van der Waals surface area contributed by atoms with Crippen LogP contribution in [0.5, 0.6) is 0 Å². The van der Waals surface area contributed by atoms with Crippen molar-refractivity contribution in [3.8, 4) is 0 Å². The Morgan fingerprint density at radius 1 is 1.30 bits per heavy atom. The smallest absolute Gasteiger partial charge is 0.123 e. The summed E-state index contributed by atoms with van der Waals surface area (Å²) in [6.07, 6.45) is 1.69. The molecular formula is C16H24FN3. The van der Waals surface area contributed by atoms with E-state index in [1.807, 2.05) is 4.90 Å². The average molecular weight is 277 g/mol. The first-order valence-electron chi connectivity index (χ1n) is 6.74. The molecule has 0 aliphatic rings. The van der Waals surface area contributed by atoms with Gasteiger partial charge in [-0.25, -0.2) is 4.39 Å². The molecule has 1 aromatic carbocycles. The molecule has 1 rings (SSSR count). The number of rotatable bonds is 7. The minimum atomic E-state index is -0.261. The van der Waals surface area contributed by atoms with E-state index in [2.05, 4.69) is 39.4 Å². The van der Waals surface area contributed by atoms with E-state index in [0.717, 1.165) is 11.4 Å². The van der Waals surface area contributed by atoms with Gasteiger partial charge in [0, 0.05) is 23.5 Å². The van der Waals surface area contributed by atoms with Crippen LogP contribution in [0.3, 0.4) is 0 Å². The Morgan fingerprint density at radius 2 is 1.85 bits per heavy atom. The molecule has 4 heteroatoms. The minimum absolute atomic E-state index is 0.0518. The van der Waals surface area contributed by atoms with Crippen LogP contribution < -0.4 is 16.2 Å². The van der Waals surface area contributed by atoms with Crippen LogP contribution in [0, 0.1) is 11.7 Å². The van der Waals surface area contributed by atoms with E-state index >= 15 is 0 Å². The monoisotopic (exact) mass is 277 g/mol. The van der Waals surface area contributed by atoms with Gasteiger partial charge in [0.2, 0.25) is 0 Å².